The first-order valence-corrected chi connectivity index (χ1v) is 7.20. The lowest BCUT2D eigenvalue weighted by molar-refractivity contribution is 0.355. The van der Waals surface area contributed by atoms with Crippen LogP contribution in [0.5, 0.6) is 0 Å². The number of hydrogen-bond acceptors (Lipinski definition) is 0. The summed E-state index contributed by atoms with van der Waals surface area (Å²) in [6, 6.07) is 0. The van der Waals surface area contributed by atoms with Crippen molar-refractivity contribution in [1.82, 2.24) is 0 Å². The van der Waals surface area contributed by atoms with Gasteiger partial charge >= 0.3 is 0 Å². The summed E-state index contributed by atoms with van der Waals surface area (Å²) in [6.45, 7) is 7.37. The van der Waals surface area contributed by atoms with E-state index in [2.05, 4.69) is 20.8 Å². The van der Waals surface area contributed by atoms with Crippen molar-refractivity contribution in [3.8, 4) is 0 Å². The van der Waals surface area contributed by atoms with Crippen LogP contribution in [0.15, 0.2) is 0 Å². The molecule has 4 atom stereocenters. The summed E-state index contributed by atoms with van der Waals surface area (Å²) in [5, 5.41) is 0. The molecule has 0 aromatic heterocycles. The fraction of sp³-hybridized carbons (Fsp3) is 1.00. The van der Waals surface area contributed by atoms with E-state index in [1.807, 2.05) is 0 Å². The van der Waals surface area contributed by atoms with Crippen molar-refractivity contribution in [2.45, 2.75) is 65.7 Å². The second-order valence-electron chi connectivity index (χ2n) is 6.38. The van der Waals surface area contributed by atoms with Crippen LogP contribution in [0.1, 0.15) is 65.7 Å². The summed E-state index contributed by atoms with van der Waals surface area (Å²) in [5.41, 5.74) is 0. The van der Waals surface area contributed by atoms with Crippen molar-refractivity contribution < 1.29 is 0 Å². The maximum atomic E-state index is 2.46. The fourth-order valence-corrected chi connectivity index (χ4v) is 3.86. The van der Waals surface area contributed by atoms with Crippen molar-refractivity contribution in [2.24, 2.45) is 29.6 Å². The second-order valence-corrected chi connectivity index (χ2v) is 6.38. The molecule has 4 unspecified atom stereocenters. The molecule has 0 heterocycles. The van der Waals surface area contributed by atoms with Crippen LogP contribution >= 0.6 is 0 Å². The highest BCUT2D eigenvalue weighted by molar-refractivity contribution is 4.95. The van der Waals surface area contributed by atoms with Gasteiger partial charge in [0.25, 0.3) is 0 Å². The maximum Gasteiger partial charge on any atom is -0.0329 e. The molecule has 0 amide bonds. The van der Waals surface area contributed by atoms with Gasteiger partial charge in [-0.1, -0.05) is 65.7 Å². The van der Waals surface area contributed by atoms with Crippen LogP contribution < -0.4 is 0 Å². The smallest absolute Gasteiger partial charge is 0.0329 e. The molecular formula is C15H28. The van der Waals surface area contributed by atoms with Crippen molar-refractivity contribution in [3.63, 3.8) is 0 Å². The van der Waals surface area contributed by atoms with Gasteiger partial charge in [0, 0.05) is 0 Å². The summed E-state index contributed by atoms with van der Waals surface area (Å²) in [7, 11) is 0. The lowest BCUT2D eigenvalue weighted by Gasteiger charge is -2.15. The first-order chi connectivity index (χ1) is 7.20. The minimum Gasteiger partial charge on any atom is -0.0625 e. The second kappa shape index (κ2) is 4.89. The standard InChI is InChI=1S/C15H28/c1-11-7-4-5-9-14(10-6-8-11)15-12(2)13(15)3/h11-15H,4-10H2,1-3H3. The third-order valence-electron chi connectivity index (χ3n) is 5.24. The monoisotopic (exact) mass is 208 g/mol. The summed E-state index contributed by atoms with van der Waals surface area (Å²) in [5.74, 6) is 5.25. The molecule has 0 bridgehead atoms. The maximum absolute atomic E-state index is 2.46. The van der Waals surface area contributed by atoms with E-state index in [0.29, 0.717) is 0 Å². The largest absolute Gasteiger partial charge is 0.0625 e. The quantitative estimate of drug-likeness (QED) is 0.576. The summed E-state index contributed by atoms with van der Waals surface area (Å²) < 4.78 is 0. The molecular weight excluding hydrogens is 180 g/mol. The Bertz CT molecular complexity index is 188. The first kappa shape index (κ1) is 11.5. The molecule has 2 aliphatic carbocycles. The van der Waals surface area contributed by atoms with E-state index in [1.54, 1.807) is 0 Å². The van der Waals surface area contributed by atoms with E-state index in [4.69, 9.17) is 0 Å². The normalized spacial score (nSPS) is 47.8. The van der Waals surface area contributed by atoms with Crippen LogP contribution in [-0.2, 0) is 0 Å². The molecule has 0 nitrogen and oxygen atoms in total. The average Bonchev–Trinajstić information content (AvgIpc) is 2.77. The van der Waals surface area contributed by atoms with Gasteiger partial charge in [-0.15, -0.1) is 0 Å². The summed E-state index contributed by atoms with van der Waals surface area (Å²) >= 11 is 0. The molecule has 0 spiro atoms. The Morgan fingerprint density at radius 2 is 1.20 bits per heavy atom. The van der Waals surface area contributed by atoms with Gasteiger partial charge in [-0.3, -0.25) is 0 Å². The zero-order valence-corrected chi connectivity index (χ0v) is 10.8. The fourth-order valence-electron chi connectivity index (χ4n) is 3.86. The zero-order chi connectivity index (χ0) is 10.8. The summed E-state index contributed by atoms with van der Waals surface area (Å²) in [6.07, 6.45) is 10.5. The molecule has 15 heavy (non-hydrogen) atoms. The Balaban J connectivity index is 1.84. The van der Waals surface area contributed by atoms with Crippen molar-refractivity contribution in [2.75, 3.05) is 0 Å². The molecule has 0 radical (unpaired) electrons. The highest BCUT2D eigenvalue weighted by Gasteiger charge is 2.46. The minimum atomic E-state index is 0.998. The van der Waals surface area contributed by atoms with Gasteiger partial charge in [0.1, 0.15) is 0 Å². The van der Waals surface area contributed by atoms with Crippen LogP contribution in [0.3, 0.4) is 0 Å². The number of hydrogen-bond donors (Lipinski definition) is 0. The van der Waals surface area contributed by atoms with E-state index in [0.717, 1.165) is 29.6 Å². The van der Waals surface area contributed by atoms with E-state index in [9.17, 15) is 0 Å². The molecule has 0 aromatic rings. The molecule has 0 N–H and O–H groups in total. The molecule has 0 heteroatoms. The molecule has 88 valence electrons. The van der Waals surface area contributed by atoms with Crippen LogP contribution in [0.4, 0.5) is 0 Å². The van der Waals surface area contributed by atoms with Crippen molar-refractivity contribution >= 4 is 0 Å². The van der Waals surface area contributed by atoms with E-state index >= 15 is 0 Å². The van der Waals surface area contributed by atoms with Gasteiger partial charge in [-0.05, 0) is 29.6 Å². The predicted octanol–water partition coefficient (Wildman–Crippen LogP) is 4.89. The molecule has 2 saturated carbocycles. The lowest BCUT2D eigenvalue weighted by atomic mass is 9.90. The van der Waals surface area contributed by atoms with Gasteiger partial charge in [0.05, 0.1) is 0 Å². The van der Waals surface area contributed by atoms with Gasteiger partial charge in [-0.2, -0.15) is 0 Å². The highest BCUT2D eigenvalue weighted by atomic mass is 14.5. The van der Waals surface area contributed by atoms with Crippen LogP contribution in [0.25, 0.3) is 0 Å². The summed E-state index contributed by atoms with van der Waals surface area (Å²) in [4.78, 5) is 0. The SMILES string of the molecule is CC1CCCCC(C2C(C)C2C)CCC1. The minimum absolute atomic E-state index is 0.998. The first-order valence-electron chi connectivity index (χ1n) is 7.20. The molecule has 0 aliphatic heterocycles. The molecule has 0 saturated heterocycles. The van der Waals surface area contributed by atoms with Crippen LogP contribution in [-0.4, -0.2) is 0 Å². The third-order valence-corrected chi connectivity index (χ3v) is 5.24. The van der Waals surface area contributed by atoms with E-state index in [1.165, 1.54) is 44.9 Å². The Morgan fingerprint density at radius 3 is 1.87 bits per heavy atom. The Kier molecular flexibility index (Phi) is 3.74. The third kappa shape index (κ3) is 2.77. The molecule has 0 aromatic carbocycles. The van der Waals surface area contributed by atoms with Crippen LogP contribution in [0, 0.1) is 29.6 Å². The van der Waals surface area contributed by atoms with E-state index in [-0.39, 0.29) is 0 Å². The Morgan fingerprint density at radius 1 is 0.667 bits per heavy atom. The van der Waals surface area contributed by atoms with Gasteiger partial charge in [0.15, 0.2) is 0 Å². The Labute approximate surface area is 95.8 Å². The Hall–Kier alpha value is 0. The van der Waals surface area contributed by atoms with Crippen molar-refractivity contribution in [1.29, 1.82) is 0 Å². The molecule has 2 aliphatic rings. The van der Waals surface area contributed by atoms with Gasteiger partial charge in [0.2, 0.25) is 0 Å². The topological polar surface area (TPSA) is 0 Å². The van der Waals surface area contributed by atoms with Gasteiger partial charge < -0.3 is 0 Å². The van der Waals surface area contributed by atoms with Gasteiger partial charge in [-0.25, -0.2) is 0 Å². The molecule has 2 rings (SSSR count). The number of rotatable bonds is 1. The predicted molar refractivity (Wildman–Crippen MR) is 66.8 cm³/mol. The molecule has 2 fully saturated rings. The highest BCUT2D eigenvalue weighted by Crippen LogP contribution is 2.53. The van der Waals surface area contributed by atoms with Crippen LogP contribution in [0.2, 0.25) is 0 Å². The zero-order valence-electron chi connectivity index (χ0n) is 10.8. The lowest BCUT2D eigenvalue weighted by Crippen LogP contribution is -2.05. The van der Waals surface area contributed by atoms with E-state index < -0.39 is 0 Å². The average molecular weight is 208 g/mol. The van der Waals surface area contributed by atoms with Crippen molar-refractivity contribution in [3.05, 3.63) is 0 Å².